The maximum atomic E-state index is 11.3. The number of nitrogens with zero attached hydrogens (tertiary/aromatic N) is 4. The Labute approximate surface area is 79.6 Å². The number of aromatic nitrogens is 2. The standard InChI is InChI=1S/C7H5ClN4O/c1-12(4-9)7(13)5-2-10-3-6(8)11-5/h2-3H,1H3. The average molecular weight is 197 g/mol. The normalized spacial score (nSPS) is 9.00. The summed E-state index contributed by atoms with van der Waals surface area (Å²) >= 11 is 5.51. The molecule has 1 amide bonds. The van der Waals surface area contributed by atoms with Crippen molar-refractivity contribution in [2.75, 3.05) is 7.05 Å². The second kappa shape index (κ2) is 3.83. The lowest BCUT2D eigenvalue weighted by molar-refractivity contribution is 0.0852. The summed E-state index contributed by atoms with van der Waals surface area (Å²) in [5, 5.41) is 8.53. The van der Waals surface area contributed by atoms with Crippen LogP contribution in [0.15, 0.2) is 12.4 Å². The third-order valence-electron chi connectivity index (χ3n) is 1.28. The third-order valence-corrected chi connectivity index (χ3v) is 1.46. The quantitative estimate of drug-likeness (QED) is 0.489. The van der Waals surface area contributed by atoms with Gasteiger partial charge in [0.25, 0.3) is 5.91 Å². The molecule has 0 saturated heterocycles. The first kappa shape index (κ1) is 9.42. The predicted octanol–water partition coefficient (Wildman–Crippen LogP) is 0.683. The van der Waals surface area contributed by atoms with Crippen LogP contribution in [0.1, 0.15) is 10.5 Å². The van der Waals surface area contributed by atoms with Crippen LogP contribution in [0, 0.1) is 11.5 Å². The Morgan fingerprint density at radius 1 is 1.69 bits per heavy atom. The van der Waals surface area contributed by atoms with Crippen LogP contribution in [0.2, 0.25) is 5.15 Å². The average Bonchev–Trinajstić information content (AvgIpc) is 2.15. The predicted molar refractivity (Wildman–Crippen MR) is 44.7 cm³/mol. The summed E-state index contributed by atoms with van der Waals surface area (Å²) in [6.45, 7) is 0. The molecule has 0 unspecified atom stereocenters. The van der Waals surface area contributed by atoms with Gasteiger partial charge in [-0.05, 0) is 0 Å². The van der Waals surface area contributed by atoms with E-state index >= 15 is 0 Å². The molecule has 0 aliphatic carbocycles. The first-order chi connectivity index (χ1) is 6.15. The number of carbonyl (C=O) groups excluding carboxylic acids is 1. The molecular weight excluding hydrogens is 192 g/mol. The van der Waals surface area contributed by atoms with Crippen molar-refractivity contribution in [3.05, 3.63) is 23.2 Å². The molecule has 0 bridgehead atoms. The Morgan fingerprint density at radius 2 is 2.38 bits per heavy atom. The van der Waals surface area contributed by atoms with E-state index in [4.69, 9.17) is 16.9 Å². The van der Waals surface area contributed by atoms with Crippen molar-refractivity contribution >= 4 is 17.5 Å². The van der Waals surface area contributed by atoms with Crippen molar-refractivity contribution in [2.24, 2.45) is 0 Å². The van der Waals surface area contributed by atoms with Crippen LogP contribution in [0.5, 0.6) is 0 Å². The monoisotopic (exact) mass is 196 g/mol. The highest BCUT2D eigenvalue weighted by molar-refractivity contribution is 6.29. The van der Waals surface area contributed by atoms with Crippen LogP contribution in [-0.4, -0.2) is 27.8 Å². The Hall–Kier alpha value is -1.67. The van der Waals surface area contributed by atoms with E-state index in [0.717, 1.165) is 4.90 Å². The van der Waals surface area contributed by atoms with Gasteiger partial charge in [-0.1, -0.05) is 11.6 Å². The van der Waals surface area contributed by atoms with Gasteiger partial charge in [-0.15, -0.1) is 0 Å². The molecule has 13 heavy (non-hydrogen) atoms. The molecule has 1 aromatic rings. The minimum atomic E-state index is -0.530. The van der Waals surface area contributed by atoms with Gasteiger partial charge in [0.1, 0.15) is 10.8 Å². The van der Waals surface area contributed by atoms with Crippen molar-refractivity contribution < 1.29 is 4.79 Å². The zero-order valence-electron chi connectivity index (χ0n) is 6.73. The molecule has 0 N–H and O–H groups in total. The summed E-state index contributed by atoms with van der Waals surface area (Å²) in [6.07, 6.45) is 4.22. The molecule has 1 rings (SSSR count). The van der Waals surface area contributed by atoms with Crippen molar-refractivity contribution in [1.29, 1.82) is 5.26 Å². The Bertz CT molecular complexity index is 373. The molecule has 5 nitrogen and oxygen atoms in total. The first-order valence-electron chi connectivity index (χ1n) is 3.30. The molecular formula is C7H5ClN4O. The summed E-state index contributed by atoms with van der Waals surface area (Å²) < 4.78 is 0. The van der Waals surface area contributed by atoms with Gasteiger partial charge in [0, 0.05) is 7.05 Å². The number of nitriles is 1. The fraction of sp³-hybridized carbons (Fsp3) is 0.143. The van der Waals surface area contributed by atoms with E-state index in [-0.39, 0.29) is 10.8 Å². The van der Waals surface area contributed by atoms with Crippen molar-refractivity contribution in [2.45, 2.75) is 0 Å². The fourth-order valence-electron chi connectivity index (χ4n) is 0.662. The van der Waals surface area contributed by atoms with Gasteiger partial charge in [-0.25, -0.2) is 9.88 Å². The van der Waals surface area contributed by atoms with Crippen LogP contribution >= 0.6 is 11.6 Å². The van der Waals surface area contributed by atoms with Crippen LogP contribution in [0.4, 0.5) is 0 Å². The van der Waals surface area contributed by atoms with E-state index in [9.17, 15) is 4.79 Å². The van der Waals surface area contributed by atoms with Crippen molar-refractivity contribution in [3.63, 3.8) is 0 Å². The zero-order valence-corrected chi connectivity index (χ0v) is 7.49. The van der Waals surface area contributed by atoms with Crippen LogP contribution in [0.25, 0.3) is 0 Å². The topological polar surface area (TPSA) is 69.9 Å². The van der Waals surface area contributed by atoms with E-state index in [1.54, 1.807) is 6.19 Å². The summed E-state index contributed by atoms with van der Waals surface area (Å²) in [5.74, 6) is -0.530. The molecule has 0 fully saturated rings. The lowest BCUT2D eigenvalue weighted by Gasteiger charge is -2.04. The van der Waals surface area contributed by atoms with E-state index in [1.165, 1.54) is 19.4 Å². The molecule has 0 aliphatic rings. The van der Waals surface area contributed by atoms with Gasteiger partial charge in [-0.2, -0.15) is 5.26 Å². The number of carbonyl (C=O) groups is 1. The lowest BCUT2D eigenvalue weighted by Crippen LogP contribution is -2.22. The summed E-state index contributed by atoms with van der Waals surface area (Å²) in [4.78, 5) is 19.5. The van der Waals surface area contributed by atoms with Gasteiger partial charge in [-0.3, -0.25) is 9.78 Å². The molecule has 1 heterocycles. The Kier molecular flexibility index (Phi) is 2.77. The van der Waals surface area contributed by atoms with Crippen molar-refractivity contribution in [3.8, 4) is 6.19 Å². The van der Waals surface area contributed by atoms with E-state index in [0.29, 0.717) is 0 Å². The Balaban J connectivity index is 2.97. The molecule has 66 valence electrons. The largest absolute Gasteiger partial charge is 0.286 e. The maximum Gasteiger partial charge on any atom is 0.286 e. The first-order valence-corrected chi connectivity index (χ1v) is 3.68. The van der Waals surface area contributed by atoms with Gasteiger partial charge < -0.3 is 0 Å². The molecule has 0 radical (unpaired) electrons. The second-order valence-electron chi connectivity index (χ2n) is 2.19. The lowest BCUT2D eigenvalue weighted by atomic mass is 10.4. The molecule has 0 aliphatic heterocycles. The minimum Gasteiger partial charge on any atom is -0.266 e. The van der Waals surface area contributed by atoms with Crippen molar-refractivity contribution in [1.82, 2.24) is 14.9 Å². The van der Waals surface area contributed by atoms with Crippen LogP contribution in [0.3, 0.4) is 0 Å². The van der Waals surface area contributed by atoms with Gasteiger partial charge >= 0.3 is 0 Å². The second-order valence-corrected chi connectivity index (χ2v) is 2.58. The Morgan fingerprint density at radius 3 is 2.92 bits per heavy atom. The number of halogens is 1. The zero-order chi connectivity index (χ0) is 9.84. The molecule has 0 atom stereocenters. The minimum absolute atomic E-state index is 0.0524. The summed E-state index contributed by atoms with van der Waals surface area (Å²) in [6, 6.07) is 0. The van der Waals surface area contributed by atoms with Crippen LogP contribution < -0.4 is 0 Å². The molecule has 6 heteroatoms. The highest BCUT2D eigenvalue weighted by Gasteiger charge is 2.12. The fourth-order valence-corrected chi connectivity index (χ4v) is 0.810. The van der Waals surface area contributed by atoms with E-state index < -0.39 is 5.91 Å². The van der Waals surface area contributed by atoms with Crippen LogP contribution in [-0.2, 0) is 0 Å². The molecule has 0 aromatic carbocycles. The maximum absolute atomic E-state index is 11.3. The number of rotatable bonds is 1. The number of hydrogen-bond donors (Lipinski definition) is 0. The summed E-state index contributed by atoms with van der Waals surface area (Å²) in [5.41, 5.74) is 0.0524. The molecule has 0 saturated carbocycles. The molecule has 0 spiro atoms. The van der Waals surface area contributed by atoms with Gasteiger partial charge in [0.05, 0.1) is 12.4 Å². The SMILES string of the molecule is CN(C#N)C(=O)c1cncc(Cl)n1. The van der Waals surface area contributed by atoms with Gasteiger partial charge in [0.2, 0.25) is 0 Å². The van der Waals surface area contributed by atoms with Gasteiger partial charge in [0.15, 0.2) is 6.19 Å². The smallest absolute Gasteiger partial charge is 0.266 e. The highest BCUT2D eigenvalue weighted by atomic mass is 35.5. The third kappa shape index (κ3) is 2.13. The van der Waals surface area contributed by atoms with E-state index in [1.807, 2.05) is 0 Å². The highest BCUT2D eigenvalue weighted by Crippen LogP contribution is 2.03. The van der Waals surface area contributed by atoms with E-state index in [2.05, 4.69) is 9.97 Å². The number of amides is 1. The molecule has 1 aromatic heterocycles. The summed E-state index contributed by atoms with van der Waals surface area (Å²) in [7, 11) is 1.34. The number of hydrogen-bond acceptors (Lipinski definition) is 4.